The Bertz CT molecular complexity index is 574. The Morgan fingerprint density at radius 2 is 2.00 bits per heavy atom. The lowest BCUT2D eigenvalue weighted by molar-refractivity contribution is -0.132. The van der Waals surface area contributed by atoms with Crippen molar-refractivity contribution >= 4 is 5.91 Å². The van der Waals surface area contributed by atoms with Gasteiger partial charge in [0.05, 0.1) is 19.5 Å². The molecule has 0 aliphatic heterocycles. The number of ether oxygens (including phenoxy) is 2. The Kier molecular flexibility index (Phi) is 6.76. The predicted octanol–water partition coefficient (Wildman–Crippen LogP) is 1.38. The van der Waals surface area contributed by atoms with Crippen molar-refractivity contribution in [2.75, 3.05) is 40.5 Å². The Labute approximate surface area is 134 Å². The van der Waals surface area contributed by atoms with Crippen LogP contribution in [0.25, 0.3) is 11.6 Å². The molecule has 126 valence electrons. The second kappa shape index (κ2) is 9.06. The molecule has 0 aliphatic rings. The molecule has 2 rings (SSSR count). The fraction of sp³-hybridized carbons (Fsp3) is 0.533. The molecular formula is C15H21N3O5. The first-order valence-corrected chi connectivity index (χ1v) is 7.36. The number of hydrogen-bond acceptors (Lipinski definition) is 7. The summed E-state index contributed by atoms with van der Waals surface area (Å²) in [5, 5.41) is 3.84. The number of furan rings is 1. The molecule has 0 bridgehead atoms. The van der Waals surface area contributed by atoms with Gasteiger partial charge in [-0.1, -0.05) is 5.16 Å². The van der Waals surface area contributed by atoms with Gasteiger partial charge in [-0.25, -0.2) is 0 Å². The van der Waals surface area contributed by atoms with Crippen molar-refractivity contribution < 1.29 is 23.2 Å². The van der Waals surface area contributed by atoms with Crippen LogP contribution in [0.4, 0.5) is 0 Å². The van der Waals surface area contributed by atoms with Crippen LogP contribution < -0.4 is 0 Å². The highest BCUT2D eigenvalue weighted by atomic mass is 16.5. The summed E-state index contributed by atoms with van der Waals surface area (Å²) in [4.78, 5) is 18.2. The van der Waals surface area contributed by atoms with E-state index in [-0.39, 0.29) is 12.3 Å². The van der Waals surface area contributed by atoms with Crippen molar-refractivity contribution in [3.8, 4) is 11.6 Å². The zero-order chi connectivity index (χ0) is 16.5. The summed E-state index contributed by atoms with van der Waals surface area (Å²) in [7, 11) is 3.21. The van der Waals surface area contributed by atoms with E-state index in [4.69, 9.17) is 18.4 Å². The van der Waals surface area contributed by atoms with Gasteiger partial charge in [0, 0.05) is 40.2 Å². The van der Waals surface area contributed by atoms with Crippen molar-refractivity contribution in [3.63, 3.8) is 0 Å². The van der Waals surface area contributed by atoms with Crippen LogP contribution in [0.1, 0.15) is 12.3 Å². The van der Waals surface area contributed by atoms with Crippen LogP contribution in [0.15, 0.2) is 27.3 Å². The summed E-state index contributed by atoms with van der Waals surface area (Å²) >= 11 is 0. The standard InChI is InChI=1S/C15H21N3O5/c1-20-10-7-18(8-11-21-2)14(19)6-5-13-16-15(17-23-13)12-4-3-9-22-12/h3-4,9H,5-8,10-11H2,1-2H3. The average molecular weight is 323 g/mol. The molecule has 0 saturated heterocycles. The van der Waals surface area contributed by atoms with E-state index in [0.717, 1.165) is 0 Å². The first-order chi connectivity index (χ1) is 11.2. The van der Waals surface area contributed by atoms with Gasteiger partial charge in [-0.15, -0.1) is 0 Å². The number of carbonyl (C=O) groups excluding carboxylic acids is 1. The van der Waals surface area contributed by atoms with Gasteiger partial charge in [0.1, 0.15) is 0 Å². The average Bonchev–Trinajstić information content (AvgIpc) is 3.23. The topological polar surface area (TPSA) is 90.8 Å². The SMILES string of the molecule is COCCN(CCOC)C(=O)CCc1nc(-c2ccco2)no1. The third kappa shape index (κ3) is 5.19. The first-order valence-electron chi connectivity index (χ1n) is 7.36. The van der Waals surface area contributed by atoms with E-state index in [0.29, 0.717) is 50.2 Å². The molecule has 2 aromatic heterocycles. The highest BCUT2D eigenvalue weighted by Gasteiger charge is 2.16. The van der Waals surface area contributed by atoms with Crippen LogP contribution in [0, 0.1) is 0 Å². The quantitative estimate of drug-likeness (QED) is 0.652. The minimum atomic E-state index is -0.00292. The Morgan fingerprint density at radius 1 is 1.26 bits per heavy atom. The zero-order valence-electron chi connectivity index (χ0n) is 13.4. The fourth-order valence-electron chi connectivity index (χ4n) is 2.00. The van der Waals surface area contributed by atoms with Gasteiger partial charge in [-0.05, 0) is 12.1 Å². The van der Waals surface area contributed by atoms with Gasteiger partial charge in [0.2, 0.25) is 17.6 Å². The van der Waals surface area contributed by atoms with Crippen LogP contribution in [0.2, 0.25) is 0 Å². The molecule has 0 saturated carbocycles. The lowest BCUT2D eigenvalue weighted by Crippen LogP contribution is -2.36. The second-order valence-corrected chi connectivity index (χ2v) is 4.86. The number of methoxy groups -OCH3 is 2. The lowest BCUT2D eigenvalue weighted by Gasteiger charge is -2.21. The maximum absolute atomic E-state index is 12.3. The van der Waals surface area contributed by atoms with Gasteiger partial charge < -0.3 is 23.3 Å². The van der Waals surface area contributed by atoms with Crippen LogP contribution in [0.3, 0.4) is 0 Å². The van der Waals surface area contributed by atoms with Crippen LogP contribution in [-0.4, -0.2) is 61.5 Å². The number of nitrogens with zero attached hydrogens (tertiary/aromatic N) is 3. The molecule has 0 aromatic carbocycles. The van der Waals surface area contributed by atoms with Gasteiger partial charge in [0.25, 0.3) is 0 Å². The fourth-order valence-corrected chi connectivity index (χ4v) is 2.00. The zero-order valence-corrected chi connectivity index (χ0v) is 13.4. The summed E-state index contributed by atoms with van der Waals surface area (Å²) in [5.74, 6) is 1.32. The van der Waals surface area contributed by atoms with Crippen LogP contribution >= 0.6 is 0 Å². The maximum Gasteiger partial charge on any atom is 0.238 e. The number of rotatable bonds is 10. The molecule has 0 aliphatic carbocycles. The van der Waals surface area contributed by atoms with E-state index in [9.17, 15) is 4.79 Å². The van der Waals surface area contributed by atoms with Crippen molar-refractivity contribution in [1.82, 2.24) is 15.0 Å². The van der Waals surface area contributed by atoms with E-state index in [1.807, 2.05) is 0 Å². The molecule has 2 aromatic rings. The molecular weight excluding hydrogens is 302 g/mol. The van der Waals surface area contributed by atoms with Crippen molar-refractivity contribution in [3.05, 3.63) is 24.3 Å². The molecule has 23 heavy (non-hydrogen) atoms. The van der Waals surface area contributed by atoms with Crippen molar-refractivity contribution in [2.24, 2.45) is 0 Å². The normalized spacial score (nSPS) is 10.9. The van der Waals surface area contributed by atoms with E-state index >= 15 is 0 Å². The number of aryl methyl sites for hydroxylation is 1. The number of aromatic nitrogens is 2. The number of amides is 1. The summed E-state index contributed by atoms with van der Waals surface area (Å²) in [6, 6.07) is 3.50. The molecule has 0 radical (unpaired) electrons. The molecule has 8 nitrogen and oxygen atoms in total. The second-order valence-electron chi connectivity index (χ2n) is 4.86. The van der Waals surface area contributed by atoms with Gasteiger partial charge >= 0.3 is 0 Å². The number of hydrogen-bond donors (Lipinski definition) is 0. The Morgan fingerprint density at radius 3 is 2.61 bits per heavy atom. The van der Waals surface area contributed by atoms with Gasteiger partial charge in [-0.2, -0.15) is 4.98 Å². The van der Waals surface area contributed by atoms with Gasteiger partial charge in [-0.3, -0.25) is 4.79 Å². The van der Waals surface area contributed by atoms with E-state index in [1.165, 1.54) is 0 Å². The molecule has 0 fully saturated rings. The summed E-state index contributed by atoms with van der Waals surface area (Å²) < 4.78 is 20.4. The monoisotopic (exact) mass is 323 g/mol. The summed E-state index contributed by atoms with van der Waals surface area (Å²) in [5.41, 5.74) is 0. The van der Waals surface area contributed by atoms with Crippen LogP contribution in [0.5, 0.6) is 0 Å². The summed E-state index contributed by atoms with van der Waals surface area (Å²) in [6.45, 7) is 2.03. The van der Waals surface area contributed by atoms with Crippen LogP contribution in [-0.2, 0) is 20.7 Å². The smallest absolute Gasteiger partial charge is 0.238 e. The Hall–Kier alpha value is -2.19. The van der Waals surface area contributed by atoms with E-state index in [1.54, 1.807) is 37.5 Å². The maximum atomic E-state index is 12.3. The highest BCUT2D eigenvalue weighted by molar-refractivity contribution is 5.76. The third-order valence-corrected chi connectivity index (χ3v) is 3.25. The minimum Gasteiger partial charge on any atom is -0.461 e. The minimum absolute atomic E-state index is 0.00292. The predicted molar refractivity (Wildman–Crippen MR) is 80.7 cm³/mol. The first kappa shape index (κ1) is 17.2. The summed E-state index contributed by atoms with van der Waals surface area (Å²) in [6.07, 6.45) is 2.20. The van der Waals surface area contributed by atoms with Gasteiger partial charge in [0.15, 0.2) is 5.76 Å². The van der Waals surface area contributed by atoms with E-state index < -0.39 is 0 Å². The van der Waals surface area contributed by atoms with E-state index in [2.05, 4.69) is 10.1 Å². The lowest BCUT2D eigenvalue weighted by atomic mass is 10.2. The molecule has 0 unspecified atom stereocenters. The Balaban J connectivity index is 1.86. The van der Waals surface area contributed by atoms with Crippen molar-refractivity contribution in [1.29, 1.82) is 0 Å². The highest BCUT2D eigenvalue weighted by Crippen LogP contribution is 2.16. The molecule has 0 spiro atoms. The molecule has 1 amide bonds. The molecule has 0 atom stereocenters. The van der Waals surface area contributed by atoms with Crippen molar-refractivity contribution in [2.45, 2.75) is 12.8 Å². The number of carbonyl (C=O) groups is 1. The largest absolute Gasteiger partial charge is 0.461 e. The molecule has 0 N–H and O–H groups in total. The third-order valence-electron chi connectivity index (χ3n) is 3.25. The molecule has 8 heteroatoms. The molecule has 2 heterocycles.